The number of nitrogens with two attached hydrogens (primary N) is 1. The zero-order chi connectivity index (χ0) is 18.7. The third-order valence-corrected chi connectivity index (χ3v) is 5.16. The number of aromatic amines is 2. The van der Waals surface area contributed by atoms with Gasteiger partial charge in [-0.25, -0.2) is 4.39 Å². The summed E-state index contributed by atoms with van der Waals surface area (Å²) in [4.78, 5) is 15.4. The Bertz CT molecular complexity index is 1440. The van der Waals surface area contributed by atoms with Crippen molar-refractivity contribution in [2.45, 2.75) is 0 Å². The van der Waals surface area contributed by atoms with Crippen molar-refractivity contribution in [1.29, 1.82) is 0 Å². The highest BCUT2D eigenvalue weighted by molar-refractivity contribution is 6.38. The number of nitrogen functional groups attached to an aromatic ring is 1. The number of hydrogen-bond donors (Lipinski definition) is 3. The molecule has 5 nitrogen and oxygen atoms in total. The second kappa shape index (κ2) is 5.56. The second-order valence-electron chi connectivity index (χ2n) is 6.32. The molecule has 0 saturated carbocycles. The molecule has 0 atom stereocenters. The lowest BCUT2D eigenvalue weighted by Crippen LogP contribution is -2.13. The molecule has 0 aliphatic carbocycles. The van der Waals surface area contributed by atoms with E-state index in [1.165, 1.54) is 12.3 Å². The summed E-state index contributed by atoms with van der Waals surface area (Å²) >= 11 is 6.50. The van der Waals surface area contributed by atoms with Crippen molar-refractivity contribution < 1.29 is 4.39 Å². The topological polar surface area (TPSA) is 87.6 Å². The number of benzene rings is 3. The van der Waals surface area contributed by atoms with Crippen LogP contribution in [0.2, 0.25) is 5.02 Å². The Labute approximate surface area is 156 Å². The zero-order valence-electron chi connectivity index (χ0n) is 13.8. The third kappa shape index (κ3) is 2.17. The lowest BCUT2D eigenvalue weighted by molar-refractivity contribution is 0.636. The van der Waals surface area contributed by atoms with Gasteiger partial charge in [-0.05, 0) is 17.7 Å². The van der Waals surface area contributed by atoms with Crippen LogP contribution in [0.5, 0.6) is 0 Å². The van der Waals surface area contributed by atoms with Crippen molar-refractivity contribution in [3.8, 4) is 11.1 Å². The van der Waals surface area contributed by atoms with Gasteiger partial charge in [0, 0.05) is 32.1 Å². The molecule has 0 aliphatic rings. The lowest BCUT2D eigenvalue weighted by atomic mass is 9.94. The van der Waals surface area contributed by atoms with E-state index >= 15 is 0 Å². The molecule has 0 unspecified atom stereocenters. The molecule has 5 aromatic rings. The maximum atomic E-state index is 14.1. The number of fused-ring (bicyclic) bond motifs is 4. The van der Waals surface area contributed by atoms with E-state index in [4.69, 9.17) is 17.3 Å². The van der Waals surface area contributed by atoms with Gasteiger partial charge in [-0.3, -0.25) is 9.89 Å². The molecule has 3 aromatic carbocycles. The fourth-order valence-corrected chi connectivity index (χ4v) is 3.89. The first-order valence-electron chi connectivity index (χ1n) is 8.21. The zero-order valence-corrected chi connectivity index (χ0v) is 14.6. The minimum absolute atomic E-state index is 0.0444. The summed E-state index contributed by atoms with van der Waals surface area (Å²) in [7, 11) is 0. The average molecular weight is 379 g/mol. The molecule has 0 radical (unpaired) electrons. The van der Waals surface area contributed by atoms with Gasteiger partial charge in [-0.2, -0.15) is 5.10 Å². The predicted molar refractivity (Wildman–Crippen MR) is 107 cm³/mol. The van der Waals surface area contributed by atoms with E-state index in [2.05, 4.69) is 15.2 Å². The van der Waals surface area contributed by atoms with Crippen molar-refractivity contribution >= 4 is 49.9 Å². The molecule has 0 aliphatic heterocycles. The molecule has 0 amide bonds. The van der Waals surface area contributed by atoms with Gasteiger partial charge in [0.05, 0.1) is 11.7 Å². The van der Waals surface area contributed by atoms with Gasteiger partial charge < -0.3 is 10.7 Å². The summed E-state index contributed by atoms with van der Waals surface area (Å²) in [5, 5.41) is 9.97. The molecule has 0 fully saturated rings. The highest BCUT2D eigenvalue weighted by atomic mass is 35.5. The van der Waals surface area contributed by atoms with Gasteiger partial charge in [-0.15, -0.1) is 0 Å². The molecule has 2 aromatic heterocycles. The molecule has 0 spiro atoms. The number of pyridine rings is 1. The van der Waals surface area contributed by atoms with Crippen LogP contribution in [0.1, 0.15) is 0 Å². The van der Waals surface area contributed by atoms with E-state index in [-0.39, 0.29) is 11.2 Å². The van der Waals surface area contributed by atoms with Crippen molar-refractivity contribution in [3.63, 3.8) is 0 Å². The van der Waals surface area contributed by atoms with Gasteiger partial charge in [-0.1, -0.05) is 41.9 Å². The molecule has 2 heterocycles. The summed E-state index contributed by atoms with van der Waals surface area (Å²) in [6, 6.07) is 12.2. The Balaban J connectivity index is 2.03. The molecule has 0 saturated heterocycles. The minimum atomic E-state index is -0.428. The normalized spacial score (nSPS) is 11.6. The Hall–Kier alpha value is -3.38. The number of anilines is 1. The summed E-state index contributed by atoms with van der Waals surface area (Å²) in [5.41, 5.74) is 7.80. The molecule has 4 N–H and O–H groups in total. The van der Waals surface area contributed by atoms with E-state index in [9.17, 15) is 9.18 Å². The highest BCUT2D eigenvalue weighted by Crippen LogP contribution is 2.40. The quantitative estimate of drug-likeness (QED) is 0.372. The fraction of sp³-hybridized carbons (Fsp3) is 0. The van der Waals surface area contributed by atoms with Crippen LogP contribution in [0.4, 0.5) is 10.1 Å². The average Bonchev–Trinajstić information content (AvgIpc) is 3.16. The minimum Gasteiger partial charge on any atom is -0.394 e. The summed E-state index contributed by atoms with van der Waals surface area (Å²) in [6.07, 6.45) is 1.52. The van der Waals surface area contributed by atoms with Crippen LogP contribution in [-0.2, 0) is 0 Å². The smallest absolute Gasteiger partial charge is 0.272 e. The fourth-order valence-electron chi connectivity index (χ4n) is 3.61. The first kappa shape index (κ1) is 15.8. The molecule has 5 rings (SSSR count). The van der Waals surface area contributed by atoms with E-state index in [1.807, 2.05) is 24.3 Å². The van der Waals surface area contributed by atoms with E-state index < -0.39 is 11.4 Å². The Kier molecular flexibility index (Phi) is 3.26. The first-order chi connectivity index (χ1) is 13.1. The molecular formula is C20H12ClFN4O. The maximum Gasteiger partial charge on any atom is 0.272 e. The van der Waals surface area contributed by atoms with E-state index in [1.54, 1.807) is 12.1 Å². The summed E-state index contributed by atoms with van der Waals surface area (Å²) in [5.74, 6) is -0.428. The number of nitrogens with zero attached hydrogens (tertiary/aromatic N) is 1. The number of hydrogen-bond acceptors (Lipinski definition) is 3. The standard InChI is InChI=1S/C20H12ClFN4O/c21-14-7-12-16(10-5-6-15(22)19-13(10)8-24-26-19)17(23)20(27)25-18(12)11-4-2-1-3-9(11)14/h1-8H,23H2,(H,24,26)(H,25,27). The van der Waals surface area contributed by atoms with Crippen LogP contribution in [0.15, 0.2) is 53.5 Å². The van der Waals surface area contributed by atoms with Crippen LogP contribution in [-0.4, -0.2) is 15.2 Å². The van der Waals surface area contributed by atoms with Crippen molar-refractivity contribution in [2.75, 3.05) is 5.73 Å². The number of aromatic nitrogens is 3. The van der Waals surface area contributed by atoms with Crippen LogP contribution >= 0.6 is 11.6 Å². The van der Waals surface area contributed by atoms with Crippen LogP contribution < -0.4 is 11.3 Å². The largest absolute Gasteiger partial charge is 0.394 e. The lowest BCUT2D eigenvalue weighted by Gasteiger charge is -2.14. The van der Waals surface area contributed by atoms with Gasteiger partial charge in [0.1, 0.15) is 17.0 Å². The molecule has 0 bridgehead atoms. The van der Waals surface area contributed by atoms with Gasteiger partial charge in [0.2, 0.25) is 0 Å². The first-order valence-corrected chi connectivity index (χ1v) is 8.58. The number of H-pyrrole nitrogens is 2. The van der Waals surface area contributed by atoms with Crippen LogP contribution in [0.25, 0.3) is 43.7 Å². The van der Waals surface area contributed by atoms with Crippen molar-refractivity contribution in [2.24, 2.45) is 0 Å². The number of halogens is 2. The summed E-state index contributed by atoms with van der Waals surface area (Å²) in [6.45, 7) is 0. The van der Waals surface area contributed by atoms with Gasteiger partial charge >= 0.3 is 0 Å². The van der Waals surface area contributed by atoms with E-state index in [0.29, 0.717) is 32.4 Å². The Morgan fingerprint density at radius 3 is 2.59 bits per heavy atom. The van der Waals surface area contributed by atoms with Gasteiger partial charge in [0.25, 0.3) is 5.56 Å². The Morgan fingerprint density at radius 2 is 1.78 bits per heavy atom. The number of rotatable bonds is 1. The van der Waals surface area contributed by atoms with Crippen LogP contribution in [0.3, 0.4) is 0 Å². The molecular weight excluding hydrogens is 367 g/mol. The van der Waals surface area contributed by atoms with Crippen molar-refractivity contribution in [3.05, 3.63) is 69.9 Å². The predicted octanol–water partition coefficient (Wildman–Crippen LogP) is 4.60. The number of nitrogens with one attached hydrogen (secondary N) is 2. The van der Waals surface area contributed by atoms with Crippen molar-refractivity contribution in [1.82, 2.24) is 15.2 Å². The summed E-state index contributed by atoms with van der Waals surface area (Å²) < 4.78 is 14.1. The Morgan fingerprint density at radius 1 is 1.00 bits per heavy atom. The second-order valence-corrected chi connectivity index (χ2v) is 6.73. The molecule has 132 valence electrons. The molecule has 27 heavy (non-hydrogen) atoms. The molecule has 7 heteroatoms. The van der Waals surface area contributed by atoms with E-state index in [0.717, 1.165) is 10.8 Å². The SMILES string of the molecule is Nc1c(-c2ccc(F)c3[nH]ncc23)c2cc(Cl)c3ccccc3c2[nH]c1=O. The van der Waals surface area contributed by atoms with Crippen LogP contribution in [0, 0.1) is 5.82 Å². The third-order valence-electron chi connectivity index (χ3n) is 4.85. The van der Waals surface area contributed by atoms with Gasteiger partial charge in [0.15, 0.2) is 0 Å². The monoisotopic (exact) mass is 378 g/mol. The highest BCUT2D eigenvalue weighted by Gasteiger charge is 2.19. The maximum absolute atomic E-state index is 14.1.